The van der Waals surface area contributed by atoms with Gasteiger partial charge >= 0.3 is 6.03 Å². The molecule has 0 spiro atoms. The quantitative estimate of drug-likeness (QED) is 0.911. The number of carbonyl (C=O) groups is 1. The number of halogens is 2. The summed E-state index contributed by atoms with van der Waals surface area (Å²) >= 11 is 0. The second-order valence-electron chi connectivity index (χ2n) is 4.80. The van der Waals surface area contributed by atoms with E-state index in [1.54, 1.807) is 6.07 Å². The van der Waals surface area contributed by atoms with Gasteiger partial charge in [0.1, 0.15) is 11.6 Å². The summed E-state index contributed by atoms with van der Waals surface area (Å²) in [6, 6.07) is 9.83. The maximum Gasteiger partial charge on any atom is 0.322 e. The number of carbonyl (C=O) groups excluding carboxylic acids is 1. The molecule has 2 aromatic rings. The molecule has 22 heavy (non-hydrogen) atoms. The lowest BCUT2D eigenvalue weighted by atomic mass is 10.1. The van der Waals surface area contributed by atoms with Gasteiger partial charge in [0.25, 0.3) is 0 Å². The van der Waals surface area contributed by atoms with Gasteiger partial charge in [-0.1, -0.05) is 12.1 Å². The van der Waals surface area contributed by atoms with Crippen LogP contribution in [-0.4, -0.2) is 29.7 Å². The average molecular weight is 306 g/mol. The summed E-state index contributed by atoms with van der Waals surface area (Å²) in [5.41, 5.74) is 0.911. The first-order chi connectivity index (χ1) is 10.5. The van der Waals surface area contributed by atoms with Crippen LogP contribution in [0.3, 0.4) is 0 Å². The monoisotopic (exact) mass is 306 g/mol. The van der Waals surface area contributed by atoms with Crippen LogP contribution < -0.4 is 5.32 Å². The molecule has 2 N–H and O–H groups in total. The fourth-order valence-corrected chi connectivity index (χ4v) is 2.05. The topological polar surface area (TPSA) is 52.6 Å². The van der Waals surface area contributed by atoms with Crippen molar-refractivity contribution in [2.45, 2.75) is 6.04 Å². The first-order valence-corrected chi connectivity index (χ1v) is 6.67. The van der Waals surface area contributed by atoms with Gasteiger partial charge in [-0.3, -0.25) is 0 Å². The molecule has 0 fully saturated rings. The Morgan fingerprint density at radius 3 is 2.45 bits per heavy atom. The molecule has 0 aromatic heterocycles. The molecule has 1 atom stereocenters. The van der Waals surface area contributed by atoms with E-state index in [1.165, 1.54) is 54.4 Å². The van der Waals surface area contributed by atoms with Gasteiger partial charge in [-0.2, -0.15) is 0 Å². The molecule has 2 amide bonds. The lowest BCUT2D eigenvalue weighted by Crippen LogP contribution is -2.36. The zero-order chi connectivity index (χ0) is 16.1. The van der Waals surface area contributed by atoms with Crippen LogP contribution in [0.2, 0.25) is 0 Å². The molecular formula is C16H16F2N2O2. The highest BCUT2D eigenvalue weighted by molar-refractivity contribution is 5.89. The zero-order valence-corrected chi connectivity index (χ0v) is 12.0. The van der Waals surface area contributed by atoms with Crippen molar-refractivity contribution >= 4 is 11.7 Å². The van der Waals surface area contributed by atoms with E-state index in [4.69, 9.17) is 0 Å². The maximum atomic E-state index is 13.3. The Morgan fingerprint density at radius 2 is 1.86 bits per heavy atom. The molecule has 2 rings (SSSR count). The number of aliphatic hydroxyl groups is 1. The summed E-state index contributed by atoms with van der Waals surface area (Å²) in [5, 5.41) is 12.1. The van der Waals surface area contributed by atoms with Crippen LogP contribution in [0.25, 0.3) is 0 Å². The highest BCUT2D eigenvalue weighted by atomic mass is 19.1. The average Bonchev–Trinajstić information content (AvgIpc) is 2.50. The first kappa shape index (κ1) is 15.9. The van der Waals surface area contributed by atoms with Gasteiger partial charge in [0.2, 0.25) is 0 Å². The number of aliphatic hydroxyl groups excluding tert-OH is 1. The van der Waals surface area contributed by atoms with Gasteiger partial charge in [-0.25, -0.2) is 13.6 Å². The van der Waals surface area contributed by atoms with Crippen molar-refractivity contribution in [1.82, 2.24) is 4.90 Å². The van der Waals surface area contributed by atoms with E-state index in [2.05, 4.69) is 5.32 Å². The maximum absolute atomic E-state index is 13.3. The van der Waals surface area contributed by atoms with Crippen LogP contribution in [0.15, 0.2) is 48.5 Å². The van der Waals surface area contributed by atoms with Crippen LogP contribution in [0.1, 0.15) is 11.6 Å². The number of hydrogen-bond donors (Lipinski definition) is 2. The molecule has 0 radical (unpaired) electrons. The van der Waals surface area contributed by atoms with E-state index in [0.29, 0.717) is 11.3 Å². The lowest BCUT2D eigenvalue weighted by Gasteiger charge is -2.27. The van der Waals surface area contributed by atoms with Gasteiger partial charge in [0.15, 0.2) is 0 Å². The molecule has 0 heterocycles. The predicted octanol–water partition coefficient (Wildman–Crippen LogP) is 3.16. The fourth-order valence-electron chi connectivity index (χ4n) is 2.05. The molecule has 0 aliphatic carbocycles. The second-order valence-corrected chi connectivity index (χ2v) is 4.80. The molecule has 0 bridgehead atoms. The smallest absolute Gasteiger partial charge is 0.322 e. The molecule has 0 saturated carbocycles. The molecule has 1 unspecified atom stereocenters. The third-order valence-corrected chi connectivity index (χ3v) is 3.29. The molecule has 6 heteroatoms. The predicted molar refractivity (Wildman–Crippen MR) is 79.4 cm³/mol. The Kier molecular flexibility index (Phi) is 5.06. The van der Waals surface area contributed by atoms with Crippen LogP contribution in [0.5, 0.6) is 0 Å². The minimum absolute atomic E-state index is 0.350. The molecule has 4 nitrogen and oxygen atoms in total. The number of benzene rings is 2. The normalized spacial score (nSPS) is 11.8. The molecule has 116 valence electrons. The minimum Gasteiger partial charge on any atom is -0.394 e. The van der Waals surface area contributed by atoms with E-state index in [-0.39, 0.29) is 6.61 Å². The number of hydrogen-bond acceptors (Lipinski definition) is 2. The third-order valence-electron chi connectivity index (χ3n) is 3.29. The van der Waals surface area contributed by atoms with Gasteiger partial charge in [-0.15, -0.1) is 0 Å². The Morgan fingerprint density at radius 1 is 1.18 bits per heavy atom. The van der Waals surface area contributed by atoms with Crippen molar-refractivity contribution in [2.75, 3.05) is 19.0 Å². The van der Waals surface area contributed by atoms with Crippen molar-refractivity contribution in [3.8, 4) is 0 Å². The number of nitrogens with zero attached hydrogens (tertiary/aromatic N) is 1. The van der Waals surface area contributed by atoms with Gasteiger partial charge in [0.05, 0.1) is 12.6 Å². The highest BCUT2D eigenvalue weighted by Gasteiger charge is 2.21. The summed E-state index contributed by atoms with van der Waals surface area (Å²) in [7, 11) is 1.49. The molecule has 0 aliphatic rings. The van der Waals surface area contributed by atoms with E-state index in [9.17, 15) is 18.7 Å². The summed E-state index contributed by atoms with van der Waals surface area (Å²) < 4.78 is 26.1. The van der Waals surface area contributed by atoms with Crippen molar-refractivity contribution in [3.05, 3.63) is 65.7 Å². The van der Waals surface area contributed by atoms with Gasteiger partial charge < -0.3 is 15.3 Å². The molecule has 0 saturated heterocycles. The SMILES string of the molecule is CN(C(=O)Nc1ccc(F)cc1)C(CO)c1cccc(F)c1. The zero-order valence-electron chi connectivity index (χ0n) is 12.0. The molecule has 0 aliphatic heterocycles. The fraction of sp³-hybridized carbons (Fsp3) is 0.188. The first-order valence-electron chi connectivity index (χ1n) is 6.67. The van der Waals surface area contributed by atoms with Crippen molar-refractivity contribution in [3.63, 3.8) is 0 Å². The van der Waals surface area contributed by atoms with Crippen molar-refractivity contribution in [2.24, 2.45) is 0 Å². The molecule has 2 aromatic carbocycles. The summed E-state index contributed by atoms with van der Waals surface area (Å²) in [6.45, 7) is -0.350. The summed E-state index contributed by atoms with van der Waals surface area (Å²) in [4.78, 5) is 13.4. The summed E-state index contributed by atoms with van der Waals surface area (Å²) in [6.07, 6.45) is 0. The Balaban J connectivity index is 2.12. The van der Waals surface area contributed by atoms with Crippen LogP contribution in [0.4, 0.5) is 19.3 Å². The number of urea groups is 1. The van der Waals surface area contributed by atoms with Gasteiger partial charge in [-0.05, 0) is 42.0 Å². The number of nitrogens with one attached hydrogen (secondary N) is 1. The van der Waals surface area contributed by atoms with E-state index in [0.717, 1.165) is 0 Å². The third kappa shape index (κ3) is 3.79. The second kappa shape index (κ2) is 7.00. The van der Waals surface area contributed by atoms with E-state index >= 15 is 0 Å². The lowest BCUT2D eigenvalue weighted by molar-refractivity contribution is 0.158. The number of amides is 2. The van der Waals surface area contributed by atoms with Crippen molar-refractivity contribution < 1.29 is 18.7 Å². The van der Waals surface area contributed by atoms with E-state index in [1.807, 2.05) is 0 Å². The largest absolute Gasteiger partial charge is 0.394 e. The number of anilines is 1. The van der Waals surface area contributed by atoms with E-state index < -0.39 is 23.7 Å². The van der Waals surface area contributed by atoms with Crippen molar-refractivity contribution in [1.29, 1.82) is 0 Å². The Bertz CT molecular complexity index is 647. The summed E-state index contributed by atoms with van der Waals surface area (Å²) in [5.74, 6) is -0.845. The molecular weight excluding hydrogens is 290 g/mol. The minimum atomic E-state index is -0.684. The Labute approximate surface area is 127 Å². The van der Waals surface area contributed by atoms with Gasteiger partial charge in [0, 0.05) is 12.7 Å². The standard InChI is InChI=1S/C16H16F2N2O2/c1-20(15(10-21)11-3-2-4-13(18)9-11)16(22)19-14-7-5-12(17)6-8-14/h2-9,15,21H,10H2,1H3,(H,19,22). The van der Waals surface area contributed by atoms with Crippen LogP contribution in [-0.2, 0) is 0 Å². The Hall–Kier alpha value is -2.47. The number of rotatable bonds is 4. The van der Waals surface area contributed by atoms with Crippen LogP contribution in [0, 0.1) is 11.6 Å². The highest BCUT2D eigenvalue weighted by Crippen LogP contribution is 2.21. The van der Waals surface area contributed by atoms with Crippen LogP contribution >= 0.6 is 0 Å². The number of likely N-dealkylation sites (N-methyl/N-ethyl adjacent to an activating group) is 1.